The van der Waals surface area contributed by atoms with Crippen LogP contribution in [-0.4, -0.2) is 40.1 Å². The molecule has 0 radical (unpaired) electrons. The minimum atomic E-state index is -3.72. The number of hydrogen-bond donors (Lipinski definition) is 1. The lowest BCUT2D eigenvalue weighted by Crippen LogP contribution is -2.34. The Morgan fingerprint density at radius 1 is 1.19 bits per heavy atom. The van der Waals surface area contributed by atoms with Crippen molar-refractivity contribution in [3.63, 3.8) is 0 Å². The molecule has 1 aliphatic heterocycles. The quantitative estimate of drug-likeness (QED) is 0.502. The molecule has 32 heavy (non-hydrogen) atoms. The van der Waals surface area contributed by atoms with Crippen molar-refractivity contribution in [1.29, 1.82) is 5.26 Å². The van der Waals surface area contributed by atoms with Crippen LogP contribution in [-0.2, 0) is 16.6 Å². The number of rotatable bonds is 5. The fourth-order valence-corrected chi connectivity index (χ4v) is 6.57. The fraction of sp³-hybridized carbons (Fsp3) is 0.250. The molecule has 1 aliphatic rings. The highest BCUT2D eigenvalue weighted by Crippen LogP contribution is 2.33. The second kappa shape index (κ2) is 7.93. The fourth-order valence-electron chi connectivity index (χ4n) is 4.71. The summed E-state index contributed by atoms with van der Waals surface area (Å²) in [4.78, 5) is 0.0909. The molecule has 0 amide bonds. The number of nitrogens with zero attached hydrogens (tertiary/aromatic N) is 4. The van der Waals surface area contributed by atoms with Gasteiger partial charge < -0.3 is 4.57 Å². The Bertz CT molecular complexity index is 1420. The maximum absolute atomic E-state index is 13.3. The molecule has 2 aromatic heterocycles. The minimum absolute atomic E-state index is 0.0909. The summed E-state index contributed by atoms with van der Waals surface area (Å²) in [6.45, 7) is 3.12. The maximum Gasteiger partial charge on any atom is 0.244 e. The lowest BCUT2D eigenvalue weighted by molar-refractivity contribution is 0.399. The van der Waals surface area contributed by atoms with Gasteiger partial charge in [-0.05, 0) is 55.2 Å². The summed E-state index contributed by atoms with van der Waals surface area (Å²) in [5.41, 5.74) is 3.46. The first-order valence-corrected chi connectivity index (χ1v) is 12.0. The zero-order chi connectivity index (χ0) is 22.3. The van der Waals surface area contributed by atoms with E-state index in [9.17, 15) is 13.7 Å². The molecule has 162 valence electrons. The van der Waals surface area contributed by atoms with E-state index in [1.54, 1.807) is 28.7 Å². The van der Waals surface area contributed by atoms with Gasteiger partial charge in [0, 0.05) is 48.0 Å². The molecule has 1 fully saturated rings. The average molecular weight is 446 g/mol. The van der Waals surface area contributed by atoms with Gasteiger partial charge in [0.15, 0.2) is 0 Å². The molecule has 8 heteroatoms. The number of aromatic nitrogens is 3. The number of nitriles is 1. The SMILES string of the molecule is CC1CC(Cn2ccc3cc(-c4cn[nH]c4)ccc32)CN1S(=O)(=O)c1ccccc1C#N. The van der Waals surface area contributed by atoms with Crippen LogP contribution >= 0.6 is 0 Å². The first-order valence-electron chi connectivity index (χ1n) is 10.6. The van der Waals surface area contributed by atoms with Crippen LogP contribution in [0.15, 0.2) is 72.0 Å². The molecule has 0 bridgehead atoms. The van der Waals surface area contributed by atoms with Crippen molar-refractivity contribution in [1.82, 2.24) is 19.1 Å². The number of fused-ring (bicyclic) bond motifs is 1. The van der Waals surface area contributed by atoms with Gasteiger partial charge in [0.25, 0.3) is 0 Å². The number of benzene rings is 2. The van der Waals surface area contributed by atoms with E-state index < -0.39 is 10.0 Å². The molecule has 0 saturated carbocycles. The average Bonchev–Trinajstić information content (AvgIpc) is 3.54. The Morgan fingerprint density at radius 3 is 2.81 bits per heavy atom. The van der Waals surface area contributed by atoms with Gasteiger partial charge in [0.2, 0.25) is 10.0 Å². The lowest BCUT2D eigenvalue weighted by Gasteiger charge is -2.21. The second-order valence-electron chi connectivity index (χ2n) is 8.36. The maximum atomic E-state index is 13.3. The summed E-state index contributed by atoms with van der Waals surface area (Å²) < 4.78 is 30.3. The lowest BCUT2D eigenvalue weighted by atomic mass is 10.1. The highest BCUT2D eigenvalue weighted by molar-refractivity contribution is 7.89. The molecule has 2 unspecified atom stereocenters. The summed E-state index contributed by atoms with van der Waals surface area (Å²) in [6.07, 6.45) is 6.52. The summed E-state index contributed by atoms with van der Waals surface area (Å²) in [5.74, 6) is 0.193. The van der Waals surface area contributed by atoms with Crippen LogP contribution in [0.5, 0.6) is 0 Å². The molecule has 5 rings (SSSR count). The van der Waals surface area contributed by atoms with E-state index in [4.69, 9.17) is 0 Å². The molecular formula is C24H23N5O2S. The molecule has 2 atom stereocenters. The first kappa shape index (κ1) is 20.5. The second-order valence-corrected chi connectivity index (χ2v) is 10.2. The number of hydrogen-bond acceptors (Lipinski definition) is 4. The molecule has 1 saturated heterocycles. The van der Waals surface area contributed by atoms with E-state index in [-0.39, 0.29) is 22.4 Å². The molecule has 4 aromatic rings. The Kier molecular flexibility index (Phi) is 5.08. The summed E-state index contributed by atoms with van der Waals surface area (Å²) in [5, 5.41) is 17.4. The van der Waals surface area contributed by atoms with Crippen LogP contribution in [0.25, 0.3) is 22.0 Å². The Hall–Kier alpha value is -3.41. The van der Waals surface area contributed by atoms with E-state index in [0.29, 0.717) is 6.54 Å². The molecule has 7 nitrogen and oxygen atoms in total. The normalized spacial score (nSPS) is 19.4. The third-order valence-corrected chi connectivity index (χ3v) is 8.29. The topological polar surface area (TPSA) is 94.8 Å². The van der Waals surface area contributed by atoms with Crippen molar-refractivity contribution in [2.24, 2.45) is 5.92 Å². The number of nitrogens with one attached hydrogen (secondary N) is 1. The van der Waals surface area contributed by atoms with Gasteiger partial charge in [-0.15, -0.1) is 0 Å². The van der Waals surface area contributed by atoms with Gasteiger partial charge >= 0.3 is 0 Å². The van der Waals surface area contributed by atoms with Crippen LogP contribution in [0.1, 0.15) is 18.9 Å². The third-order valence-electron chi connectivity index (χ3n) is 6.26. The van der Waals surface area contributed by atoms with E-state index in [1.165, 1.54) is 6.07 Å². The van der Waals surface area contributed by atoms with E-state index >= 15 is 0 Å². The van der Waals surface area contributed by atoms with Crippen molar-refractivity contribution >= 4 is 20.9 Å². The Morgan fingerprint density at radius 2 is 2.03 bits per heavy atom. The van der Waals surface area contributed by atoms with Crippen molar-refractivity contribution < 1.29 is 8.42 Å². The third kappa shape index (κ3) is 3.49. The molecule has 0 spiro atoms. The molecule has 3 heterocycles. The number of aromatic amines is 1. The van der Waals surface area contributed by atoms with Gasteiger partial charge in [-0.25, -0.2) is 8.42 Å². The summed E-state index contributed by atoms with van der Waals surface area (Å²) >= 11 is 0. The van der Waals surface area contributed by atoms with Gasteiger partial charge in [-0.2, -0.15) is 14.7 Å². The van der Waals surface area contributed by atoms with Gasteiger partial charge in [-0.3, -0.25) is 5.10 Å². The monoisotopic (exact) mass is 445 g/mol. The van der Waals surface area contributed by atoms with Gasteiger partial charge in [0.1, 0.15) is 6.07 Å². The molecule has 2 aromatic carbocycles. The standard InChI is InChI=1S/C24H23N5O2S/c1-17-10-18(16-29(17)32(30,31)24-5-3-2-4-21(24)12-25)15-28-9-8-20-11-19(6-7-23(20)28)22-13-26-27-14-22/h2-9,11,13-14,17-18H,10,15-16H2,1H3,(H,26,27). The highest BCUT2D eigenvalue weighted by Gasteiger charge is 2.38. The van der Waals surface area contributed by atoms with E-state index in [0.717, 1.165) is 35.0 Å². The zero-order valence-corrected chi connectivity index (χ0v) is 18.5. The first-order chi connectivity index (χ1) is 15.5. The van der Waals surface area contributed by atoms with Crippen molar-refractivity contribution in [3.8, 4) is 17.2 Å². The molecular weight excluding hydrogens is 422 g/mol. The van der Waals surface area contributed by atoms with Crippen LogP contribution in [0.3, 0.4) is 0 Å². The predicted octanol–water partition coefficient (Wildman–Crippen LogP) is 4.00. The van der Waals surface area contributed by atoms with Crippen molar-refractivity contribution in [2.45, 2.75) is 30.8 Å². The zero-order valence-electron chi connectivity index (χ0n) is 17.6. The van der Waals surface area contributed by atoms with Gasteiger partial charge in [0.05, 0.1) is 16.7 Å². The summed E-state index contributed by atoms with van der Waals surface area (Å²) in [6, 6.07) is 16.7. The predicted molar refractivity (Wildman–Crippen MR) is 122 cm³/mol. The van der Waals surface area contributed by atoms with Crippen LogP contribution in [0.4, 0.5) is 0 Å². The molecule has 0 aliphatic carbocycles. The Balaban J connectivity index is 1.37. The number of sulfonamides is 1. The van der Waals surface area contributed by atoms with Gasteiger partial charge in [-0.1, -0.05) is 18.2 Å². The minimum Gasteiger partial charge on any atom is -0.347 e. The van der Waals surface area contributed by atoms with E-state index in [2.05, 4.69) is 45.2 Å². The van der Waals surface area contributed by atoms with Crippen LogP contribution < -0.4 is 0 Å². The smallest absolute Gasteiger partial charge is 0.244 e. The Labute approximate surface area is 187 Å². The van der Waals surface area contributed by atoms with E-state index in [1.807, 2.05) is 19.2 Å². The summed E-state index contributed by atoms with van der Waals surface area (Å²) in [7, 11) is -3.72. The van der Waals surface area contributed by atoms with Crippen molar-refractivity contribution in [3.05, 3.63) is 72.7 Å². The molecule has 1 N–H and O–H groups in total. The van der Waals surface area contributed by atoms with Crippen molar-refractivity contribution in [2.75, 3.05) is 6.54 Å². The van der Waals surface area contributed by atoms with Crippen LogP contribution in [0, 0.1) is 17.2 Å². The highest BCUT2D eigenvalue weighted by atomic mass is 32.2. The number of H-pyrrole nitrogens is 1. The van der Waals surface area contributed by atoms with Crippen LogP contribution in [0.2, 0.25) is 0 Å². The largest absolute Gasteiger partial charge is 0.347 e.